The van der Waals surface area contributed by atoms with Gasteiger partial charge in [0.1, 0.15) is 5.82 Å². The van der Waals surface area contributed by atoms with E-state index in [1.165, 1.54) is 18.6 Å². The fourth-order valence-electron chi connectivity index (χ4n) is 2.21. The average Bonchev–Trinajstić information content (AvgIpc) is 2.20. The molecule has 2 atom stereocenters. The SMILES string of the molecule is O[C@H]1CCCC[C@H]1c1ccc(F)cc1. The molecule has 14 heavy (non-hydrogen) atoms. The standard InChI is InChI=1S/C12H15FO/c13-10-7-5-9(6-8-10)11-3-1-2-4-12(11)14/h5-8,11-12,14H,1-4H2/t11-,12-/m0/s1. The highest BCUT2D eigenvalue weighted by molar-refractivity contribution is 5.22. The first-order valence-electron chi connectivity index (χ1n) is 5.21. The Morgan fingerprint density at radius 1 is 1.07 bits per heavy atom. The predicted molar refractivity (Wildman–Crippen MR) is 53.6 cm³/mol. The molecule has 1 aromatic rings. The minimum Gasteiger partial charge on any atom is -0.392 e. The van der Waals surface area contributed by atoms with Crippen LogP contribution in [-0.4, -0.2) is 11.2 Å². The third kappa shape index (κ3) is 1.95. The van der Waals surface area contributed by atoms with Gasteiger partial charge in [0.25, 0.3) is 0 Å². The van der Waals surface area contributed by atoms with Crippen molar-refractivity contribution in [3.8, 4) is 0 Å². The summed E-state index contributed by atoms with van der Waals surface area (Å²) in [5.74, 6) is 0.00315. The summed E-state index contributed by atoms with van der Waals surface area (Å²) >= 11 is 0. The zero-order valence-corrected chi connectivity index (χ0v) is 8.12. The van der Waals surface area contributed by atoms with Gasteiger partial charge in [-0.2, -0.15) is 0 Å². The zero-order chi connectivity index (χ0) is 9.97. The summed E-state index contributed by atoms with van der Waals surface area (Å²) in [5, 5.41) is 9.80. The number of halogens is 1. The van der Waals surface area contributed by atoms with Crippen molar-refractivity contribution in [3.05, 3.63) is 35.6 Å². The molecule has 2 rings (SSSR count). The molecule has 0 radical (unpaired) electrons. The maximum absolute atomic E-state index is 12.7. The molecule has 0 spiro atoms. The highest BCUT2D eigenvalue weighted by atomic mass is 19.1. The Morgan fingerprint density at radius 2 is 1.71 bits per heavy atom. The van der Waals surface area contributed by atoms with Crippen LogP contribution in [0.1, 0.15) is 37.2 Å². The molecule has 2 heteroatoms. The Kier molecular flexibility index (Phi) is 2.82. The number of aliphatic hydroxyl groups is 1. The monoisotopic (exact) mass is 194 g/mol. The first-order chi connectivity index (χ1) is 6.77. The van der Waals surface area contributed by atoms with Crippen LogP contribution in [0.4, 0.5) is 4.39 Å². The molecule has 0 saturated heterocycles. The molecule has 1 N–H and O–H groups in total. The third-order valence-electron chi connectivity index (χ3n) is 3.03. The summed E-state index contributed by atoms with van der Waals surface area (Å²) in [7, 11) is 0. The zero-order valence-electron chi connectivity index (χ0n) is 8.12. The quantitative estimate of drug-likeness (QED) is 0.728. The normalized spacial score (nSPS) is 27.6. The molecular formula is C12H15FO. The smallest absolute Gasteiger partial charge is 0.123 e. The Labute approximate surface area is 83.6 Å². The maximum Gasteiger partial charge on any atom is 0.123 e. The van der Waals surface area contributed by atoms with Crippen molar-refractivity contribution < 1.29 is 9.50 Å². The van der Waals surface area contributed by atoms with Crippen LogP contribution < -0.4 is 0 Å². The van der Waals surface area contributed by atoms with Gasteiger partial charge < -0.3 is 5.11 Å². The molecule has 0 aliphatic heterocycles. The largest absolute Gasteiger partial charge is 0.392 e. The number of rotatable bonds is 1. The summed E-state index contributed by atoms with van der Waals surface area (Å²) in [6, 6.07) is 6.51. The van der Waals surface area contributed by atoms with Crippen LogP contribution in [0.15, 0.2) is 24.3 Å². The van der Waals surface area contributed by atoms with Gasteiger partial charge in [0.15, 0.2) is 0 Å². The van der Waals surface area contributed by atoms with Crippen LogP contribution in [0, 0.1) is 5.82 Å². The van der Waals surface area contributed by atoms with Crippen molar-refractivity contribution in [1.82, 2.24) is 0 Å². The van der Waals surface area contributed by atoms with Gasteiger partial charge >= 0.3 is 0 Å². The molecule has 0 unspecified atom stereocenters. The molecule has 76 valence electrons. The lowest BCUT2D eigenvalue weighted by Crippen LogP contribution is -2.22. The minimum atomic E-state index is -0.241. The van der Waals surface area contributed by atoms with E-state index in [1.807, 2.05) is 0 Å². The fourth-order valence-corrected chi connectivity index (χ4v) is 2.21. The number of hydrogen-bond acceptors (Lipinski definition) is 1. The molecular weight excluding hydrogens is 179 g/mol. The van der Waals surface area contributed by atoms with E-state index in [0.29, 0.717) is 0 Å². The molecule has 0 amide bonds. The van der Waals surface area contributed by atoms with Crippen molar-refractivity contribution in [2.45, 2.75) is 37.7 Å². The van der Waals surface area contributed by atoms with Crippen LogP contribution in [0.25, 0.3) is 0 Å². The highest BCUT2D eigenvalue weighted by Gasteiger charge is 2.24. The third-order valence-corrected chi connectivity index (χ3v) is 3.03. The number of hydrogen-bond donors (Lipinski definition) is 1. The Morgan fingerprint density at radius 3 is 2.36 bits per heavy atom. The fraction of sp³-hybridized carbons (Fsp3) is 0.500. The van der Waals surface area contributed by atoms with Crippen LogP contribution in [0.3, 0.4) is 0 Å². The second-order valence-electron chi connectivity index (χ2n) is 4.01. The van der Waals surface area contributed by atoms with E-state index in [4.69, 9.17) is 0 Å². The van der Waals surface area contributed by atoms with Gasteiger partial charge in [-0.3, -0.25) is 0 Å². The van der Waals surface area contributed by atoms with Crippen LogP contribution in [0.5, 0.6) is 0 Å². The predicted octanol–water partition coefficient (Wildman–Crippen LogP) is 2.84. The van der Waals surface area contributed by atoms with Crippen molar-refractivity contribution in [2.75, 3.05) is 0 Å². The molecule has 0 aromatic heterocycles. The van der Waals surface area contributed by atoms with Crippen LogP contribution in [-0.2, 0) is 0 Å². The molecule has 1 fully saturated rings. The van der Waals surface area contributed by atoms with E-state index >= 15 is 0 Å². The first-order valence-corrected chi connectivity index (χ1v) is 5.21. The Hall–Kier alpha value is -0.890. The summed E-state index contributed by atoms with van der Waals surface area (Å²) < 4.78 is 12.7. The van der Waals surface area contributed by atoms with Gasteiger partial charge in [-0.1, -0.05) is 25.0 Å². The summed E-state index contributed by atoms with van der Waals surface area (Å²) in [6.45, 7) is 0. The van der Waals surface area contributed by atoms with Gasteiger partial charge in [-0.15, -0.1) is 0 Å². The average molecular weight is 194 g/mol. The molecule has 0 bridgehead atoms. The van der Waals surface area contributed by atoms with Crippen LogP contribution >= 0.6 is 0 Å². The molecule has 1 aromatic carbocycles. The molecule has 1 aliphatic carbocycles. The summed E-state index contributed by atoms with van der Waals surface area (Å²) in [4.78, 5) is 0. The van der Waals surface area contributed by atoms with Gasteiger partial charge in [-0.05, 0) is 30.5 Å². The van der Waals surface area contributed by atoms with E-state index in [9.17, 15) is 9.50 Å². The Balaban J connectivity index is 2.16. The topological polar surface area (TPSA) is 20.2 Å². The van der Waals surface area contributed by atoms with E-state index < -0.39 is 0 Å². The van der Waals surface area contributed by atoms with Gasteiger partial charge in [0.2, 0.25) is 0 Å². The summed E-state index contributed by atoms with van der Waals surface area (Å²) in [5.41, 5.74) is 1.07. The maximum atomic E-state index is 12.7. The number of benzene rings is 1. The van der Waals surface area contributed by atoms with Crippen molar-refractivity contribution >= 4 is 0 Å². The minimum absolute atomic E-state index is 0.209. The lowest BCUT2D eigenvalue weighted by atomic mass is 9.82. The van der Waals surface area contributed by atoms with Crippen LogP contribution in [0.2, 0.25) is 0 Å². The highest BCUT2D eigenvalue weighted by Crippen LogP contribution is 2.32. The van der Waals surface area contributed by atoms with E-state index in [0.717, 1.165) is 24.8 Å². The van der Waals surface area contributed by atoms with E-state index in [-0.39, 0.29) is 17.8 Å². The second kappa shape index (κ2) is 4.09. The number of aliphatic hydroxyl groups excluding tert-OH is 1. The van der Waals surface area contributed by atoms with Crippen molar-refractivity contribution in [1.29, 1.82) is 0 Å². The van der Waals surface area contributed by atoms with E-state index in [1.54, 1.807) is 12.1 Å². The molecule has 1 nitrogen and oxygen atoms in total. The second-order valence-corrected chi connectivity index (χ2v) is 4.01. The lowest BCUT2D eigenvalue weighted by Gasteiger charge is -2.27. The molecule has 1 saturated carbocycles. The van der Waals surface area contributed by atoms with Crippen molar-refractivity contribution in [3.63, 3.8) is 0 Å². The van der Waals surface area contributed by atoms with E-state index in [2.05, 4.69) is 0 Å². The molecule has 1 aliphatic rings. The molecule has 0 heterocycles. The first kappa shape index (κ1) is 9.66. The summed E-state index contributed by atoms with van der Waals surface area (Å²) in [6.07, 6.45) is 3.93. The Bertz CT molecular complexity index is 294. The van der Waals surface area contributed by atoms with Crippen molar-refractivity contribution in [2.24, 2.45) is 0 Å². The lowest BCUT2D eigenvalue weighted by molar-refractivity contribution is 0.106. The van der Waals surface area contributed by atoms with Gasteiger partial charge in [0, 0.05) is 5.92 Å². The van der Waals surface area contributed by atoms with Gasteiger partial charge in [-0.25, -0.2) is 4.39 Å². The van der Waals surface area contributed by atoms with Gasteiger partial charge in [0.05, 0.1) is 6.10 Å².